The van der Waals surface area contributed by atoms with Crippen molar-refractivity contribution in [3.8, 4) is 5.75 Å². The normalized spacial score (nSPS) is 10.6. The Balaban J connectivity index is 1.95. The largest absolute Gasteiger partial charge is 0.497 e. The van der Waals surface area contributed by atoms with Gasteiger partial charge in [-0.1, -0.05) is 12.1 Å². The lowest BCUT2D eigenvalue weighted by Gasteiger charge is -2.02. The van der Waals surface area contributed by atoms with E-state index in [0.717, 1.165) is 16.8 Å². The fourth-order valence-electron chi connectivity index (χ4n) is 1.87. The first kappa shape index (κ1) is 11.5. The molecule has 1 heterocycles. The Bertz CT molecular complexity index is 724. The van der Waals surface area contributed by atoms with E-state index in [1.165, 1.54) is 6.07 Å². The van der Waals surface area contributed by atoms with Crippen molar-refractivity contribution in [1.29, 1.82) is 0 Å². The van der Waals surface area contributed by atoms with Gasteiger partial charge in [-0.2, -0.15) is 0 Å². The van der Waals surface area contributed by atoms with Crippen LogP contribution in [0, 0.1) is 5.82 Å². The molecule has 3 rings (SSSR count). The number of benzene rings is 2. The average Bonchev–Trinajstić information content (AvgIpc) is 2.82. The van der Waals surface area contributed by atoms with E-state index in [1.807, 2.05) is 18.2 Å². The van der Waals surface area contributed by atoms with Crippen LogP contribution < -0.4 is 10.1 Å². The van der Waals surface area contributed by atoms with Gasteiger partial charge in [-0.05, 0) is 24.3 Å². The number of hydrogen-bond donors (Lipinski definition) is 2. The number of ether oxygens (including phenoxy) is 1. The van der Waals surface area contributed by atoms with E-state index in [4.69, 9.17) is 4.74 Å². The van der Waals surface area contributed by atoms with E-state index in [9.17, 15) is 4.39 Å². The molecule has 0 fully saturated rings. The molecule has 0 atom stereocenters. The number of para-hydroxylation sites is 1. The Hall–Kier alpha value is -2.56. The van der Waals surface area contributed by atoms with E-state index in [-0.39, 0.29) is 5.82 Å². The Labute approximate surface area is 109 Å². The van der Waals surface area contributed by atoms with Gasteiger partial charge in [0.15, 0.2) is 0 Å². The Kier molecular flexibility index (Phi) is 2.79. The number of hydrogen-bond acceptors (Lipinski definition) is 3. The van der Waals surface area contributed by atoms with Gasteiger partial charge in [-0.15, -0.1) is 0 Å². The number of fused-ring (bicyclic) bond motifs is 1. The summed E-state index contributed by atoms with van der Waals surface area (Å²) in [4.78, 5) is 7.41. The number of methoxy groups -OCH3 is 1. The smallest absolute Gasteiger partial charge is 0.205 e. The molecule has 4 nitrogen and oxygen atoms in total. The molecule has 19 heavy (non-hydrogen) atoms. The summed E-state index contributed by atoms with van der Waals surface area (Å²) in [5.74, 6) is 0.919. The third-order valence-corrected chi connectivity index (χ3v) is 2.82. The van der Waals surface area contributed by atoms with Gasteiger partial charge in [0.2, 0.25) is 5.95 Å². The first-order valence-corrected chi connectivity index (χ1v) is 5.81. The van der Waals surface area contributed by atoms with E-state index in [0.29, 0.717) is 11.6 Å². The predicted octanol–water partition coefficient (Wildman–Crippen LogP) is 3.45. The maximum Gasteiger partial charge on any atom is 0.205 e. The van der Waals surface area contributed by atoms with Crippen LogP contribution in [0.2, 0.25) is 0 Å². The van der Waals surface area contributed by atoms with Crippen LogP contribution in [0.4, 0.5) is 16.0 Å². The topological polar surface area (TPSA) is 49.9 Å². The number of nitrogens with one attached hydrogen (secondary N) is 2. The summed E-state index contributed by atoms with van der Waals surface area (Å²) in [6, 6.07) is 12.0. The van der Waals surface area contributed by atoms with Crippen LogP contribution in [-0.2, 0) is 0 Å². The van der Waals surface area contributed by atoms with Crippen LogP contribution in [0.25, 0.3) is 11.0 Å². The van der Waals surface area contributed by atoms with Gasteiger partial charge >= 0.3 is 0 Å². The zero-order chi connectivity index (χ0) is 13.2. The lowest BCUT2D eigenvalue weighted by atomic mass is 10.3. The van der Waals surface area contributed by atoms with Gasteiger partial charge in [-0.25, -0.2) is 9.37 Å². The molecule has 0 radical (unpaired) electrons. The molecule has 0 unspecified atom stereocenters. The molecule has 0 saturated heterocycles. The van der Waals surface area contributed by atoms with Crippen molar-refractivity contribution in [3.63, 3.8) is 0 Å². The molecule has 2 N–H and O–H groups in total. The van der Waals surface area contributed by atoms with E-state index < -0.39 is 0 Å². The Morgan fingerprint density at radius 3 is 2.84 bits per heavy atom. The van der Waals surface area contributed by atoms with Gasteiger partial charge in [0, 0.05) is 6.07 Å². The van der Waals surface area contributed by atoms with Crippen molar-refractivity contribution >= 4 is 22.7 Å². The molecule has 0 aliphatic carbocycles. The van der Waals surface area contributed by atoms with Crippen LogP contribution in [-0.4, -0.2) is 17.1 Å². The van der Waals surface area contributed by atoms with E-state index >= 15 is 0 Å². The number of imidazole rings is 1. The third kappa shape index (κ3) is 2.22. The second kappa shape index (κ2) is 4.61. The number of halogens is 1. The molecule has 0 bridgehead atoms. The molecule has 5 heteroatoms. The molecule has 0 saturated carbocycles. The number of anilines is 2. The van der Waals surface area contributed by atoms with Crippen molar-refractivity contribution in [2.75, 3.05) is 12.4 Å². The third-order valence-electron chi connectivity index (χ3n) is 2.82. The SMILES string of the molecule is COc1ccc2nc(Nc3ccccc3F)[nH]c2c1. The molecular formula is C14H12FN3O. The highest BCUT2D eigenvalue weighted by Gasteiger charge is 2.06. The van der Waals surface area contributed by atoms with Crippen LogP contribution in [0.15, 0.2) is 42.5 Å². The minimum atomic E-state index is -0.319. The van der Waals surface area contributed by atoms with Crippen molar-refractivity contribution in [3.05, 3.63) is 48.3 Å². The summed E-state index contributed by atoms with van der Waals surface area (Å²) in [7, 11) is 1.61. The van der Waals surface area contributed by atoms with Crippen LogP contribution in [0.3, 0.4) is 0 Å². The number of nitrogens with zero attached hydrogens (tertiary/aromatic N) is 1. The maximum absolute atomic E-state index is 13.5. The zero-order valence-electron chi connectivity index (χ0n) is 10.3. The summed E-state index contributed by atoms with van der Waals surface area (Å²) in [6.45, 7) is 0. The van der Waals surface area contributed by atoms with Gasteiger partial charge in [-0.3, -0.25) is 0 Å². The standard InChI is InChI=1S/C14H12FN3O/c1-19-9-6-7-12-13(8-9)18-14(17-12)16-11-5-3-2-4-10(11)15/h2-8H,1H3,(H2,16,17,18). The summed E-state index contributed by atoms with van der Waals surface area (Å²) in [5, 5.41) is 2.92. The molecule has 0 aliphatic rings. The molecule has 0 amide bonds. The second-order valence-electron chi connectivity index (χ2n) is 4.07. The Morgan fingerprint density at radius 1 is 1.21 bits per heavy atom. The van der Waals surface area contributed by atoms with Crippen molar-refractivity contribution in [1.82, 2.24) is 9.97 Å². The van der Waals surface area contributed by atoms with E-state index in [1.54, 1.807) is 25.3 Å². The molecule has 0 aliphatic heterocycles. The highest BCUT2D eigenvalue weighted by Crippen LogP contribution is 2.23. The second-order valence-corrected chi connectivity index (χ2v) is 4.07. The fraction of sp³-hybridized carbons (Fsp3) is 0.0714. The van der Waals surface area contributed by atoms with Crippen LogP contribution in [0.5, 0.6) is 5.75 Å². The molecule has 3 aromatic rings. The van der Waals surface area contributed by atoms with Crippen LogP contribution in [0.1, 0.15) is 0 Å². The van der Waals surface area contributed by atoms with Gasteiger partial charge in [0.25, 0.3) is 0 Å². The number of H-pyrrole nitrogens is 1. The Morgan fingerprint density at radius 2 is 2.05 bits per heavy atom. The molecule has 0 spiro atoms. The minimum Gasteiger partial charge on any atom is -0.497 e. The van der Waals surface area contributed by atoms with Crippen LogP contribution >= 0.6 is 0 Å². The lowest BCUT2D eigenvalue weighted by Crippen LogP contribution is -1.94. The monoisotopic (exact) mass is 257 g/mol. The highest BCUT2D eigenvalue weighted by atomic mass is 19.1. The number of aromatic amines is 1. The van der Waals surface area contributed by atoms with Gasteiger partial charge in [0.05, 0.1) is 23.8 Å². The fourth-order valence-corrected chi connectivity index (χ4v) is 1.87. The summed E-state index contributed by atoms with van der Waals surface area (Å²) in [5.41, 5.74) is 2.01. The molecule has 96 valence electrons. The highest BCUT2D eigenvalue weighted by molar-refractivity contribution is 5.79. The van der Waals surface area contributed by atoms with Crippen molar-refractivity contribution in [2.24, 2.45) is 0 Å². The molecule has 1 aromatic heterocycles. The minimum absolute atomic E-state index is 0.319. The predicted molar refractivity (Wildman–Crippen MR) is 72.3 cm³/mol. The van der Waals surface area contributed by atoms with Gasteiger partial charge < -0.3 is 15.0 Å². The lowest BCUT2D eigenvalue weighted by molar-refractivity contribution is 0.415. The summed E-state index contributed by atoms with van der Waals surface area (Å²) < 4.78 is 18.7. The number of rotatable bonds is 3. The first-order chi connectivity index (χ1) is 9.26. The quantitative estimate of drug-likeness (QED) is 0.755. The van der Waals surface area contributed by atoms with Gasteiger partial charge in [0.1, 0.15) is 11.6 Å². The van der Waals surface area contributed by atoms with Crippen molar-refractivity contribution < 1.29 is 9.13 Å². The first-order valence-electron chi connectivity index (χ1n) is 5.81. The van der Waals surface area contributed by atoms with Crippen molar-refractivity contribution in [2.45, 2.75) is 0 Å². The maximum atomic E-state index is 13.5. The molecular weight excluding hydrogens is 245 g/mol. The zero-order valence-corrected chi connectivity index (χ0v) is 10.3. The number of aromatic nitrogens is 2. The van der Waals surface area contributed by atoms with E-state index in [2.05, 4.69) is 15.3 Å². The summed E-state index contributed by atoms with van der Waals surface area (Å²) in [6.07, 6.45) is 0. The molecule has 2 aromatic carbocycles. The summed E-state index contributed by atoms with van der Waals surface area (Å²) >= 11 is 0. The average molecular weight is 257 g/mol.